The largest absolute Gasteiger partial charge is 0.475 e. The third-order valence-corrected chi connectivity index (χ3v) is 10.5. The second-order valence-corrected chi connectivity index (χ2v) is 14.2. The maximum absolute atomic E-state index is 14.3. The molecule has 0 saturated heterocycles. The minimum absolute atomic E-state index is 0.0922. The Kier molecular flexibility index (Phi) is 11.4. The van der Waals surface area contributed by atoms with Crippen LogP contribution < -0.4 is 31.9 Å². The van der Waals surface area contributed by atoms with Crippen LogP contribution in [0.3, 0.4) is 0 Å². The molecule has 308 valence electrons. The van der Waals surface area contributed by atoms with Crippen LogP contribution in [-0.4, -0.2) is 58.7 Å². The van der Waals surface area contributed by atoms with Crippen LogP contribution in [-0.2, 0) is 32.4 Å². The van der Waals surface area contributed by atoms with Crippen LogP contribution in [0.4, 0.5) is 0 Å². The smallest absolute Gasteiger partial charge is 0.289 e. The lowest BCUT2D eigenvalue weighted by atomic mass is 10.0. The zero-order valence-electron chi connectivity index (χ0n) is 33.3. The topological polar surface area (TPSA) is 191 Å². The Labute approximate surface area is 349 Å². The maximum Gasteiger partial charge on any atom is 0.289 e. The van der Waals surface area contributed by atoms with Gasteiger partial charge in [0.05, 0.1) is 46.6 Å². The molecule has 0 aliphatic rings. The van der Waals surface area contributed by atoms with Gasteiger partial charge in [0.25, 0.3) is 11.8 Å². The first-order valence-electron chi connectivity index (χ1n) is 19.5. The van der Waals surface area contributed by atoms with Gasteiger partial charge >= 0.3 is 0 Å². The normalized spacial score (nSPS) is 12.4. The van der Waals surface area contributed by atoms with Gasteiger partial charge in [-0.25, -0.2) is 11.0 Å². The van der Waals surface area contributed by atoms with Gasteiger partial charge in [-0.2, -0.15) is 0 Å². The average molecular weight is 819 g/mol. The van der Waals surface area contributed by atoms with E-state index in [1.807, 2.05) is 94.1 Å². The molecule has 0 aliphatic heterocycles. The molecule has 6 N–H and O–H groups in total. The van der Waals surface area contributed by atoms with Crippen LogP contribution >= 0.6 is 0 Å². The number of carbonyl (C=O) groups is 4. The lowest BCUT2D eigenvalue weighted by Crippen LogP contribution is -2.54. The third kappa shape index (κ3) is 7.68. The minimum Gasteiger partial charge on any atom is -0.475 e. The molecular weight excluding hydrogens is 777 g/mol. The summed E-state index contributed by atoms with van der Waals surface area (Å²) in [6.07, 6.45) is -3.52. The fraction of sp³-hybridized carbons (Fsp3) is 0.149. The van der Waals surface area contributed by atoms with Gasteiger partial charge in [-0.1, -0.05) is 84.9 Å². The van der Waals surface area contributed by atoms with Crippen molar-refractivity contribution in [1.82, 2.24) is 20.1 Å². The number of rotatable bonds is 16. The Hall–Kier alpha value is -7.68. The average Bonchev–Trinajstić information content (AvgIpc) is 3.77. The molecule has 14 heteroatoms. The van der Waals surface area contributed by atoms with Gasteiger partial charge in [0.1, 0.15) is 11.5 Å². The highest BCUT2D eigenvalue weighted by atomic mass is 16.7. The number of nitrogens with one attached hydrogen (secondary N) is 2. The molecule has 0 radical (unpaired) electrons. The number of fused-ring (bicyclic) bond motifs is 6. The van der Waals surface area contributed by atoms with E-state index in [-0.39, 0.29) is 29.2 Å². The predicted octanol–water partition coefficient (Wildman–Crippen LogP) is 6.14. The van der Waals surface area contributed by atoms with Crippen molar-refractivity contribution in [3.05, 3.63) is 156 Å². The molecule has 8 rings (SSSR count). The van der Waals surface area contributed by atoms with E-state index in [1.54, 1.807) is 55.5 Å². The van der Waals surface area contributed by atoms with Crippen molar-refractivity contribution in [3.63, 3.8) is 0 Å². The van der Waals surface area contributed by atoms with E-state index in [0.29, 0.717) is 56.7 Å². The first-order chi connectivity index (χ1) is 29.7. The van der Waals surface area contributed by atoms with Crippen molar-refractivity contribution in [2.24, 2.45) is 11.5 Å². The number of hydrogen-bond donors (Lipinski definition) is 4. The Morgan fingerprint density at radius 2 is 0.918 bits per heavy atom. The van der Waals surface area contributed by atoms with Gasteiger partial charge in [0, 0.05) is 35.0 Å². The molecule has 2 atom stereocenters. The van der Waals surface area contributed by atoms with E-state index >= 15 is 0 Å². The fourth-order valence-corrected chi connectivity index (χ4v) is 7.93. The van der Waals surface area contributed by atoms with E-state index in [1.165, 1.54) is 7.11 Å². The Morgan fingerprint density at radius 1 is 0.525 bits per heavy atom. The van der Waals surface area contributed by atoms with Crippen molar-refractivity contribution in [2.75, 3.05) is 13.7 Å². The highest BCUT2D eigenvalue weighted by Crippen LogP contribution is 2.41. The van der Waals surface area contributed by atoms with Gasteiger partial charge in [-0.3, -0.25) is 28.9 Å². The molecule has 61 heavy (non-hydrogen) atoms. The van der Waals surface area contributed by atoms with Crippen LogP contribution in [0.25, 0.3) is 43.6 Å². The number of nitrogens with zero attached hydrogens (tertiary/aromatic N) is 2. The molecule has 0 fully saturated rings. The van der Waals surface area contributed by atoms with E-state index in [0.717, 1.165) is 11.1 Å². The second-order valence-electron chi connectivity index (χ2n) is 14.2. The zero-order chi connectivity index (χ0) is 42.6. The molecular formula is C47H42N6O8. The van der Waals surface area contributed by atoms with Gasteiger partial charge in [0.2, 0.25) is 24.0 Å². The molecule has 0 aliphatic carbocycles. The number of aromatic nitrogens is 2. The first-order valence-corrected chi connectivity index (χ1v) is 19.5. The van der Waals surface area contributed by atoms with Gasteiger partial charge < -0.3 is 30.1 Å². The molecule has 0 saturated carbocycles. The number of carbonyl (C=O) groups excluding carboxylic acids is 4. The summed E-state index contributed by atoms with van der Waals surface area (Å²) < 4.78 is 17.4. The number of ether oxygens (including phenoxy) is 2. The summed E-state index contributed by atoms with van der Waals surface area (Å²) in [5.74, 6) is -2.79. The summed E-state index contributed by atoms with van der Waals surface area (Å²) in [6.45, 7) is 2.63. The Morgan fingerprint density at radius 3 is 1.31 bits per heavy atom. The predicted molar refractivity (Wildman–Crippen MR) is 231 cm³/mol. The number of amides is 4. The molecule has 6 aromatic carbocycles. The SMILES string of the molecule is CCONC(=O)C(Oc1cccc2c1c1c(C(N)=O)cccc1n2Cc1ccccc1)C(Oc1cccc2c1c1c(C(N)=O)cccc1n2Cc1ccccc1)C(=O)NOC. The van der Waals surface area contributed by atoms with Crippen molar-refractivity contribution in [2.45, 2.75) is 32.2 Å². The third-order valence-electron chi connectivity index (χ3n) is 10.5. The first kappa shape index (κ1) is 40.1. The van der Waals surface area contributed by atoms with Crippen molar-refractivity contribution >= 4 is 67.2 Å². The second kappa shape index (κ2) is 17.3. The standard InChI is InChI=1S/C47H42N6O8/c1-3-59-51-47(57)43(61-37-25-13-23-35-41(37)39-31(45(49)55)19-11-21-33(39)53(35)27-29-16-8-5-9-17-29)42(46(56)50-58-2)60-36-24-12-22-34-40(36)38-30(44(48)54)18-10-20-32(38)52(34)26-28-14-6-4-7-15-28/h4-25,42-43H,3,26-27H2,1-2H3,(H2,48,54)(H2,49,55)(H,50,56)(H,51,57). The van der Waals surface area contributed by atoms with E-state index in [2.05, 4.69) is 11.0 Å². The number of hydroxylamine groups is 2. The molecule has 14 nitrogen and oxygen atoms in total. The maximum atomic E-state index is 14.3. The van der Waals surface area contributed by atoms with E-state index < -0.39 is 35.8 Å². The van der Waals surface area contributed by atoms with Crippen LogP contribution in [0, 0.1) is 0 Å². The molecule has 8 aromatic rings. The van der Waals surface area contributed by atoms with Crippen molar-refractivity contribution in [1.29, 1.82) is 0 Å². The number of nitrogens with two attached hydrogens (primary N) is 2. The molecule has 0 spiro atoms. The van der Waals surface area contributed by atoms with Gasteiger partial charge in [0.15, 0.2) is 0 Å². The monoisotopic (exact) mass is 818 g/mol. The number of hydrogen-bond acceptors (Lipinski definition) is 8. The Balaban J connectivity index is 1.31. The molecule has 4 amide bonds. The minimum atomic E-state index is -1.76. The van der Waals surface area contributed by atoms with Crippen LogP contribution in [0.15, 0.2) is 133 Å². The van der Waals surface area contributed by atoms with Crippen LogP contribution in [0.1, 0.15) is 38.8 Å². The number of primary amides is 2. The highest BCUT2D eigenvalue weighted by Gasteiger charge is 2.40. The van der Waals surface area contributed by atoms with Crippen molar-refractivity contribution in [3.8, 4) is 11.5 Å². The molecule has 0 bridgehead atoms. The summed E-state index contributed by atoms with van der Waals surface area (Å²) in [6, 6.07) is 40.6. The van der Waals surface area contributed by atoms with Gasteiger partial charge in [-0.05, 0) is 66.6 Å². The van der Waals surface area contributed by atoms with E-state index in [9.17, 15) is 19.2 Å². The van der Waals surface area contributed by atoms with Crippen LogP contribution in [0.5, 0.6) is 11.5 Å². The lowest BCUT2D eigenvalue weighted by molar-refractivity contribution is -0.154. The number of benzene rings is 6. The van der Waals surface area contributed by atoms with Gasteiger partial charge in [-0.15, -0.1) is 0 Å². The fourth-order valence-electron chi connectivity index (χ4n) is 7.93. The molecule has 2 unspecified atom stereocenters. The van der Waals surface area contributed by atoms with Crippen molar-refractivity contribution < 1.29 is 38.3 Å². The highest BCUT2D eigenvalue weighted by molar-refractivity contribution is 6.21. The lowest BCUT2D eigenvalue weighted by Gasteiger charge is -2.27. The summed E-state index contributed by atoms with van der Waals surface area (Å²) >= 11 is 0. The van der Waals surface area contributed by atoms with Crippen LogP contribution in [0.2, 0.25) is 0 Å². The Bertz CT molecular complexity index is 2940. The summed E-state index contributed by atoms with van der Waals surface area (Å²) in [5, 5.41) is 1.93. The summed E-state index contributed by atoms with van der Waals surface area (Å²) in [7, 11) is 1.25. The van der Waals surface area contributed by atoms with E-state index in [4.69, 9.17) is 30.6 Å². The zero-order valence-corrected chi connectivity index (χ0v) is 33.3. The summed E-state index contributed by atoms with van der Waals surface area (Å²) in [5.41, 5.74) is 21.8. The molecule has 2 heterocycles. The quantitative estimate of drug-likeness (QED) is 0.0837. The molecule has 2 aromatic heterocycles. The summed E-state index contributed by atoms with van der Waals surface area (Å²) in [4.78, 5) is 64.9.